The van der Waals surface area contributed by atoms with Gasteiger partial charge in [0.25, 0.3) is 0 Å². The van der Waals surface area contributed by atoms with Crippen LogP contribution in [0, 0.1) is 5.82 Å². The topological polar surface area (TPSA) is 50.8 Å². The first-order valence-corrected chi connectivity index (χ1v) is 12.0. The molecule has 5 nitrogen and oxygen atoms in total. The smallest absolute Gasteiger partial charge is 0.485 e. The minimum absolute atomic E-state index is 0.00863. The normalized spacial score (nSPS) is 31.4. The standard InChI is InChI=1S/C21H28F4N2O3S/c22-16-3-1-5-19-20(16)14-6-8-15(9-7-14)30-13-18-17(26-31(28)21(23,24)25)4-2-10-27(18)11-12-29-19/h1,3,5,14-15,17-18,26H,2,4,6-13H2. The van der Waals surface area contributed by atoms with Gasteiger partial charge >= 0.3 is 5.51 Å². The molecule has 1 N–H and O–H groups in total. The number of ether oxygens (including phenoxy) is 2. The molecule has 2 bridgehead atoms. The Morgan fingerprint density at radius 2 is 1.87 bits per heavy atom. The summed E-state index contributed by atoms with van der Waals surface area (Å²) in [6.07, 6.45) is 4.24. The molecule has 1 aromatic rings. The Morgan fingerprint density at radius 1 is 1.10 bits per heavy atom. The van der Waals surface area contributed by atoms with Crippen molar-refractivity contribution < 1.29 is 31.2 Å². The molecule has 0 radical (unpaired) electrons. The molecule has 1 saturated heterocycles. The highest BCUT2D eigenvalue weighted by molar-refractivity contribution is 7.83. The van der Waals surface area contributed by atoms with Crippen LogP contribution in [0.1, 0.15) is 50.0 Å². The Balaban J connectivity index is 1.54. The van der Waals surface area contributed by atoms with Gasteiger partial charge in [-0.3, -0.25) is 4.90 Å². The Labute approximate surface area is 182 Å². The zero-order valence-electron chi connectivity index (χ0n) is 17.2. The van der Waals surface area contributed by atoms with Gasteiger partial charge in [-0.15, -0.1) is 0 Å². The summed E-state index contributed by atoms with van der Waals surface area (Å²) in [5.41, 5.74) is -4.18. The number of hydrogen-bond acceptors (Lipinski definition) is 4. The van der Waals surface area contributed by atoms with Crippen LogP contribution in [0.2, 0.25) is 0 Å². The summed E-state index contributed by atoms with van der Waals surface area (Å²) in [4.78, 5) is 2.04. The summed E-state index contributed by atoms with van der Waals surface area (Å²) in [6, 6.07) is 3.94. The van der Waals surface area contributed by atoms with Crippen molar-refractivity contribution in [2.24, 2.45) is 0 Å². The van der Waals surface area contributed by atoms with Gasteiger partial charge in [-0.2, -0.15) is 13.2 Å². The van der Waals surface area contributed by atoms with Crippen LogP contribution < -0.4 is 9.46 Å². The van der Waals surface area contributed by atoms with E-state index in [4.69, 9.17) is 9.47 Å². The number of fused-ring (bicyclic) bond motifs is 5. The lowest BCUT2D eigenvalue weighted by molar-refractivity contribution is -0.0432. The number of nitrogens with one attached hydrogen (secondary N) is 1. The third kappa shape index (κ3) is 5.40. The zero-order valence-corrected chi connectivity index (χ0v) is 18.0. The Bertz CT molecular complexity index is 786. The largest absolute Gasteiger partial charge is 0.492 e. The van der Waals surface area contributed by atoms with E-state index in [0.717, 1.165) is 25.7 Å². The number of rotatable bonds is 2. The van der Waals surface area contributed by atoms with Gasteiger partial charge in [-0.05, 0) is 63.1 Å². The minimum Gasteiger partial charge on any atom is -0.492 e. The number of nitrogens with zero attached hydrogens (tertiary/aromatic N) is 1. The zero-order chi connectivity index (χ0) is 22.0. The maximum absolute atomic E-state index is 14.6. The van der Waals surface area contributed by atoms with Gasteiger partial charge in [-0.25, -0.2) is 13.3 Å². The molecule has 3 aliphatic heterocycles. The van der Waals surface area contributed by atoms with E-state index in [0.29, 0.717) is 37.2 Å². The van der Waals surface area contributed by atoms with E-state index < -0.39 is 22.5 Å². The molecule has 3 unspecified atom stereocenters. The Morgan fingerprint density at radius 3 is 2.61 bits per heavy atom. The van der Waals surface area contributed by atoms with Crippen LogP contribution in [0.4, 0.5) is 17.6 Å². The lowest BCUT2D eigenvalue weighted by Gasteiger charge is -2.42. The van der Waals surface area contributed by atoms with Crippen LogP contribution in [0.15, 0.2) is 18.2 Å². The molecule has 0 amide bonds. The van der Waals surface area contributed by atoms with Crippen LogP contribution >= 0.6 is 0 Å². The predicted octanol–water partition coefficient (Wildman–Crippen LogP) is 3.87. The van der Waals surface area contributed by atoms with Gasteiger partial charge in [0.15, 0.2) is 11.0 Å². The van der Waals surface area contributed by atoms with Crippen LogP contribution in [-0.4, -0.2) is 59.1 Å². The number of halogens is 4. The second-order valence-electron chi connectivity index (χ2n) is 8.49. The van der Waals surface area contributed by atoms with Gasteiger partial charge < -0.3 is 9.47 Å². The van der Waals surface area contributed by atoms with Crippen molar-refractivity contribution >= 4 is 11.0 Å². The number of hydrogen-bond donors (Lipinski definition) is 1. The van der Waals surface area contributed by atoms with E-state index >= 15 is 0 Å². The molecule has 0 spiro atoms. The van der Waals surface area contributed by atoms with Crippen molar-refractivity contribution in [1.29, 1.82) is 0 Å². The summed E-state index contributed by atoms with van der Waals surface area (Å²) in [6.45, 7) is 1.72. The second-order valence-corrected chi connectivity index (χ2v) is 9.73. The molecule has 3 atom stereocenters. The molecule has 0 aromatic heterocycles. The Hall–Kier alpha value is -1.23. The Kier molecular flexibility index (Phi) is 7.20. The minimum atomic E-state index is -4.80. The van der Waals surface area contributed by atoms with Crippen molar-refractivity contribution in [3.05, 3.63) is 29.6 Å². The number of alkyl halides is 3. The lowest BCUT2D eigenvalue weighted by atomic mass is 9.82. The molecule has 1 saturated carbocycles. The first kappa shape index (κ1) is 22.9. The highest BCUT2D eigenvalue weighted by Gasteiger charge is 2.42. The van der Waals surface area contributed by atoms with E-state index in [2.05, 4.69) is 4.72 Å². The fourth-order valence-electron chi connectivity index (χ4n) is 5.03. The highest BCUT2D eigenvalue weighted by Crippen LogP contribution is 2.40. The van der Waals surface area contributed by atoms with Gasteiger partial charge in [0, 0.05) is 24.2 Å². The summed E-state index contributed by atoms with van der Waals surface area (Å²) < 4.78 is 79.3. The number of piperidine rings is 1. The summed E-state index contributed by atoms with van der Waals surface area (Å²) in [5.74, 6) is 0.361. The van der Waals surface area contributed by atoms with Gasteiger partial charge in [0.1, 0.15) is 18.2 Å². The molecule has 3 heterocycles. The van der Waals surface area contributed by atoms with Crippen LogP contribution in [-0.2, 0) is 15.7 Å². The molecule has 10 heteroatoms. The van der Waals surface area contributed by atoms with E-state index in [1.165, 1.54) is 6.07 Å². The van der Waals surface area contributed by atoms with Crippen molar-refractivity contribution in [2.45, 2.75) is 68.1 Å². The summed E-state index contributed by atoms with van der Waals surface area (Å²) >= 11 is 0. The first-order chi connectivity index (χ1) is 14.8. The molecular formula is C21H28F4N2O3S. The van der Waals surface area contributed by atoms with Crippen molar-refractivity contribution in [2.75, 3.05) is 26.3 Å². The fourth-order valence-corrected chi connectivity index (χ4v) is 5.72. The molecule has 174 valence electrons. The van der Waals surface area contributed by atoms with Crippen molar-refractivity contribution in [1.82, 2.24) is 9.62 Å². The predicted molar refractivity (Wildman–Crippen MR) is 109 cm³/mol. The summed E-state index contributed by atoms with van der Waals surface area (Å²) in [5, 5.41) is 0. The molecule has 5 rings (SSSR count). The van der Waals surface area contributed by atoms with Gasteiger partial charge in [-0.1, -0.05) is 6.07 Å². The number of benzene rings is 1. The lowest BCUT2D eigenvalue weighted by Crippen LogP contribution is -2.58. The van der Waals surface area contributed by atoms with Crippen LogP contribution in [0.25, 0.3) is 0 Å². The fraction of sp³-hybridized carbons (Fsp3) is 0.714. The average molecular weight is 465 g/mol. The van der Waals surface area contributed by atoms with Crippen LogP contribution in [0.5, 0.6) is 5.75 Å². The average Bonchev–Trinajstić information content (AvgIpc) is 2.75. The molecule has 2 fully saturated rings. The SMILES string of the molecule is O=S(NC1CCCN2CCOc3cccc(F)c3C3CCC(CC3)OCC12)C(F)(F)F. The maximum atomic E-state index is 14.6. The molecule has 4 aliphatic rings. The van der Waals surface area contributed by atoms with E-state index in [-0.39, 0.29) is 37.1 Å². The second kappa shape index (κ2) is 9.72. The summed E-state index contributed by atoms with van der Waals surface area (Å²) in [7, 11) is -3.12. The maximum Gasteiger partial charge on any atom is 0.485 e. The van der Waals surface area contributed by atoms with E-state index in [1.807, 2.05) is 4.90 Å². The monoisotopic (exact) mass is 464 g/mol. The molecule has 1 aromatic carbocycles. The van der Waals surface area contributed by atoms with Gasteiger partial charge in [0.2, 0.25) is 0 Å². The van der Waals surface area contributed by atoms with Crippen molar-refractivity contribution in [3.8, 4) is 5.75 Å². The van der Waals surface area contributed by atoms with E-state index in [9.17, 15) is 21.8 Å². The molecule has 1 aliphatic carbocycles. The molecule has 31 heavy (non-hydrogen) atoms. The van der Waals surface area contributed by atoms with Gasteiger partial charge in [0.05, 0.1) is 12.7 Å². The molecular weight excluding hydrogens is 436 g/mol. The first-order valence-electron chi connectivity index (χ1n) is 10.8. The third-order valence-corrected chi connectivity index (χ3v) is 7.53. The highest BCUT2D eigenvalue weighted by atomic mass is 32.2. The van der Waals surface area contributed by atoms with E-state index in [1.54, 1.807) is 12.1 Å². The van der Waals surface area contributed by atoms with Crippen LogP contribution in [0.3, 0.4) is 0 Å². The quantitative estimate of drug-likeness (QED) is 0.676. The van der Waals surface area contributed by atoms with Crippen molar-refractivity contribution in [3.63, 3.8) is 0 Å². The third-order valence-electron chi connectivity index (χ3n) is 6.60.